The molecule has 252 valence electrons. The van der Waals surface area contributed by atoms with Gasteiger partial charge in [-0.3, -0.25) is 9.59 Å². The number of halogens is 3. The first-order valence-corrected chi connectivity index (χ1v) is 16.1. The van der Waals surface area contributed by atoms with E-state index in [4.69, 9.17) is 15.5 Å². The van der Waals surface area contributed by atoms with E-state index in [-0.39, 0.29) is 23.1 Å². The second-order valence-corrected chi connectivity index (χ2v) is 12.9. The molecule has 11 nitrogen and oxygen atoms in total. The molecule has 0 spiro atoms. The molecular weight excluding hydrogens is 625 g/mol. The minimum absolute atomic E-state index is 0.0502. The number of ether oxygens (including phenoxy) is 1. The molecule has 2 aliphatic rings. The highest BCUT2D eigenvalue weighted by atomic mass is 19.3. The molecule has 0 radical (unpaired) electrons. The molecule has 2 aromatic carbocycles. The smallest absolute Gasteiger partial charge is 0.333 e. The monoisotopic (exact) mass is 662 g/mol. The van der Waals surface area contributed by atoms with E-state index < -0.39 is 24.3 Å². The molecule has 48 heavy (non-hydrogen) atoms. The summed E-state index contributed by atoms with van der Waals surface area (Å²) in [5, 5.41) is 6.89. The maximum absolute atomic E-state index is 15.6. The van der Waals surface area contributed by atoms with Gasteiger partial charge in [0.2, 0.25) is 0 Å². The highest BCUT2D eigenvalue weighted by molar-refractivity contribution is 6.00. The predicted octanol–water partition coefficient (Wildman–Crippen LogP) is 5.40. The van der Waals surface area contributed by atoms with Gasteiger partial charge < -0.3 is 29.8 Å². The fourth-order valence-corrected chi connectivity index (χ4v) is 6.69. The largest absolute Gasteiger partial charge is 0.494 e. The Bertz CT molecular complexity index is 2050. The van der Waals surface area contributed by atoms with Crippen molar-refractivity contribution in [3.05, 3.63) is 65.2 Å². The maximum Gasteiger partial charge on any atom is 0.333 e. The number of fused-ring (bicyclic) bond motifs is 2. The van der Waals surface area contributed by atoms with Crippen molar-refractivity contribution in [1.29, 1.82) is 0 Å². The molecule has 2 fully saturated rings. The number of piperidine rings is 1. The van der Waals surface area contributed by atoms with Crippen molar-refractivity contribution in [2.24, 2.45) is 18.7 Å². The number of alkyl halides is 2. The SMILES string of the molecule is COc1cc(C(=O)N2CCC[C@@H](N)C2)cc2nc(-c3cc4cc(F)c([C@@H](C)NC(=O)c5cnn(C(F)F)c5)cc4n3CC3CC3)n(C)c12. The molecule has 14 heteroatoms. The van der Waals surface area contributed by atoms with Crippen LogP contribution in [0.5, 0.6) is 5.75 Å². The van der Waals surface area contributed by atoms with E-state index in [1.807, 2.05) is 17.7 Å². The summed E-state index contributed by atoms with van der Waals surface area (Å²) in [5.41, 5.74) is 9.69. The van der Waals surface area contributed by atoms with Crippen molar-refractivity contribution >= 4 is 33.8 Å². The van der Waals surface area contributed by atoms with Gasteiger partial charge in [0.25, 0.3) is 11.8 Å². The Kier molecular flexibility index (Phi) is 8.14. The van der Waals surface area contributed by atoms with Crippen molar-refractivity contribution < 1.29 is 27.5 Å². The minimum Gasteiger partial charge on any atom is -0.494 e. The van der Waals surface area contributed by atoms with E-state index >= 15 is 4.39 Å². The summed E-state index contributed by atoms with van der Waals surface area (Å²) >= 11 is 0. The highest BCUT2D eigenvalue weighted by Crippen LogP contribution is 2.39. The van der Waals surface area contributed by atoms with Crippen LogP contribution in [0.1, 0.15) is 71.5 Å². The first kappa shape index (κ1) is 31.7. The number of imidazole rings is 1. The Labute approximate surface area is 274 Å². The Morgan fingerprint density at radius 1 is 1.12 bits per heavy atom. The second-order valence-electron chi connectivity index (χ2n) is 12.9. The zero-order chi connectivity index (χ0) is 33.9. The molecular formula is C34H37F3N8O3. The summed E-state index contributed by atoms with van der Waals surface area (Å²) in [6.45, 7) is 0.599. The topological polar surface area (TPSA) is 125 Å². The Hall–Kier alpha value is -4.85. The number of benzene rings is 2. The third kappa shape index (κ3) is 5.78. The highest BCUT2D eigenvalue weighted by Gasteiger charge is 2.29. The van der Waals surface area contributed by atoms with Crippen molar-refractivity contribution in [3.63, 3.8) is 0 Å². The van der Waals surface area contributed by atoms with Crippen LogP contribution in [-0.2, 0) is 13.6 Å². The molecule has 1 saturated heterocycles. The van der Waals surface area contributed by atoms with Crippen molar-refractivity contribution in [2.75, 3.05) is 20.2 Å². The molecule has 7 rings (SSSR count). The molecule has 4 heterocycles. The summed E-state index contributed by atoms with van der Waals surface area (Å²) in [6, 6.07) is 7.78. The van der Waals surface area contributed by atoms with E-state index in [1.54, 1.807) is 37.1 Å². The molecule has 2 atom stereocenters. The summed E-state index contributed by atoms with van der Waals surface area (Å²) < 4.78 is 51.8. The fraction of sp³-hybridized carbons (Fsp3) is 0.412. The van der Waals surface area contributed by atoms with Crippen LogP contribution in [0, 0.1) is 11.7 Å². The quantitative estimate of drug-likeness (QED) is 0.218. The van der Waals surface area contributed by atoms with Gasteiger partial charge in [0, 0.05) is 61.0 Å². The molecule has 5 aromatic rings. The van der Waals surface area contributed by atoms with Gasteiger partial charge in [-0.1, -0.05) is 0 Å². The maximum atomic E-state index is 15.6. The molecule has 3 N–H and O–H groups in total. The first-order chi connectivity index (χ1) is 23.0. The van der Waals surface area contributed by atoms with Gasteiger partial charge >= 0.3 is 6.55 Å². The number of aromatic nitrogens is 5. The number of aryl methyl sites for hydroxylation is 1. The Balaban J connectivity index is 1.27. The van der Waals surface area contributed by atoms with Crippen LogP contribution < -0.4 is 15.8 Å². The lowest BCUT2D eigenvalue weighted by molar-refractivity contribution is 0.0565. The average molecular weight is 663 g/mol. The number of hydrogen-bond donors (Lipinski definition) is 2. The van der Waals surface area contributed by atoms with Gasteiger partial charge in [-0.25, -0.2) is 14.1 Å². The van der Waals surface area contributed by atoms with Crippen molar-refractivity contribution in [1.82, 2.24) is 34.1 Å². The third-order valence-corrected chi connectivity index (χ3v) is 9.41. The van der Waals surface area contributed by atoms with E-state index in [1.165, 1.54) is 6.07 Å². The lowest BCUT2D eigenvalue weighted by atomic mass is 10.0. The second kappa shape index (κ2) is 12.3. The molecule has 0 bridgehead atoms. The van der Waals surface area contributed by atoms with Crippen molar-refractivity contribution in [3.8, 4) is 17.3 Å². The number of nitrogens with zero attached hydrogens (tertiary/aromatic N) is 6. The molecule has 1 saturated carbocycles. The number of rotatable bonds is 9. The number of hydrogen-bond acceptors (Lipinski definition) is 6. The number of likely N-dealkylation sites (tertiary alicyclic amines) is 1. The first-order valence-electron chi connectivity index (χ1n) is 16.1. The Morgan fingerprint density at radius 2 is 1.92 bits per heavy atom. The van der Waals surface area contributed by atoms with E-state index in [9.17, 15) is 18.4 Å². The molecule has 1 aliphatic heterocycles. The number of nitrogens with one attached hydrogen (secondary N) is 1. The van der Waals surface area contributed by atoms with Gasteiger partial charge in [0.1, 0.15) is 17.1 Å². The summed E-state index contributed by atoms with van der Waals surface area (Å²) in [4.78, 5) is 33.1. The van der Waals surface area contributed by atoms with Crippen LogP contribution in [0.3, 0.4) is 0 Å². The normalized spacial score (nSPS) is 17.4. The van der Waals surface area contributed by atoms with Crippen LogP contribution in [0.4, 0.5) is 13.2 Å². The third-order valence-electron chi connectivity index (χ3n) is 9.41. The lowest BCUT2D eigenvalue weighted by Crippen LogP contribution is -2.45. The minimum atomic E-state index is -2.88. The van der Waals surface area contributed by atoms with Gasteiger partial charge in [-0.05, 0) is 68.9 Å². The van der Waals surface area contributed by atoms with Crippen LogP contribution in [-0.4, -0.2) is 66.9 Å². The van der Waals surface area contributed by atoms with Crippen LogP contribution in [0.2, 0.25) is 0 Å². The summed E-state index contributed by atoms with van der Waals surface area (Å²) in [5.74, 6) is 0.330. The van der Waals surface area contributed by atoms with E-state index in [0.29, 0.717) is 58.3 Å². The molecule has 0 unspecified atom stereocenters. The molecule has 1 aliphatic carbocycles. The van der Waals surface area contributed by atoms with Gasteiger partial charge in [0.05, 0.1) is 36.1 Å². The predicted molar refractivity (Wildman–Crippen MR) is 173 cm³/mol. The lowest BCUT2D eigenvalue weighted by Gasteiger charge is -2.30. The number of amides is 2. The number of carbonyl (C=O) groups excluding carboxylic acids is 2. The summed E-state index contributed by atoms with van der Waals surface area (Å²) in [6.07, 6.45) is 5.90. The van der Waals surface area contributed by atoms with Gasteiger partial charge in [-0.2, -0.15) is 13.9 Å². The molecule has 2 amide bonds. The average Bonchev–Trinajstić information content (AvgIpc) is 3.46. The number of nitrogens with two attached hydrogens (primary N) is 1. The van der Waals surface area contributed by atoms with Gasteiger partial charge in [-0.15, -0.1) is 0 Å². The number of carbonyl (C=O) groups is 2. The fourth-order valence-electron chi connectivity index (χ4n) is 6.69. The van der Waals surface area contributed by atoms with Crippen LogP contribution in [0.25, 0.3) is 33.5 Å². The van der Waals surface area contributed by atoms with Crippen LogP contribution in [0.15, 0.2) is 42.7 Å². The van der Waals surface area contributed by atoms with Crippen LogP contribution >= 0.6 is 0 Å². The zero-order valence-corrected chi connectivity index (χ0v) is 26.9. The summed E-state index contributed by atoms with van der Waals surface area (Å²) in [7, 11) is 3.45. The van der Waals surface area contributed by atoms with E-state index in [0.717, 1.165) is 54.8 Å². The Morgan fingerprint density at radius 3 is 2.60 bits per heavy atom. The number of methoxy groups -OCH3 is 1. The van der Waals surface area contributed by atoms with Gasteiger partial charge in [0.15, 0.2) is 5.82 Å². The standard InChI is InChI=1S/C34H37F3N8O3/c1-18(40-32(46)22-14-39-45(16-22)34(36)37)24-13-27-20(9-25(24)35)11-28(44(27)15-19-6-7-19)31-41-26-10-21(12-29(48-3)30(26)42(31)2)33(47)43-8-4-5-23(38)17-43/h9-14,16,18-19,23,34H,4-8,15,17,38H2,1-3H3,(H,40,46)/t18-,23-/m1/s1. The molecule has 3 aromatic heterocycles. The van der Waals surface area contributed by atoms with E-state index in [2.05, 4.69) is 15.0 Å². The van der Waals surface area contributed by atoms with Crippen molar-refractivity contribution in [2.45, 2.75) is 57.8 Å². The zero-order valence-electron chi connectivity index (χ0n) is 26.9.